The van der Waals surface area contributed by atoms with Gasteiger partial charge in [-0.25, -0.2) is 9.97 Å². The number of aromatic nitrogens is 3. The average Bonchev–Trinajstić information content (AvgIpc) is 2.81. The predicted octanol–water partition coefficient (Wildman–Crippen LogP) is 4.73. The summed E-state index contributed by atoms with van der Waals surface area (Å²) in [5.41, 5.74) is 2.84. The highest BCUT2D eigenvalue weighted by atomic mass is 32.2. The van der Waals surface area contributed by atoms with Gasteiger partial charge in [0.1, 0.15) is 0 Å². The van der Waals surface area contributed by atoms with Gasteiger partial charge in [0, 0.05) is 11.6 Å². The van der Waals surface area contributed by atoms with Gasteiger partial charge in [-0.2, -0.15) is 0 Å². The SMILES string of the molecule is CSc1ccc(Cc2cc3c(=O)n([C@H]4CCCC[C@@H]4O)cnc3c3ccccc23)cn1. The minimum absolute atomic E-state index is 0.0705. The van der Waals surface area contributed by atoms with Gasteiger partial charge in [-0.05, 0) is 54.2 Å². The molecule has 1 aliphatic carbocycles. The van der Waals surface area contributed by atoms with Gasteiger partial charge in [0.25, 0.3) is 5.56 Å². The molecule has 158 valence electrons. The maximum atomic E-state index is 13.5. The normalized spacial score (nSPS) is 19.2. The first kappa shape index (κ1) is 20.2. The summed E-state index contributed by atoms with van der Waals surface area (Å²) in [6.07, 6.45) is 9.32. The van der Waals surface area contributed by atoms with Crippen molar-refractivity contribution in [2.45, 2.75) is 49.3 Å². The lowest BCUT2D eigenvalue weighted by atomic mass is 9.92. The van der Waals surface area contributed by atoms with E-state index < -0.39 is 6.10 Å². The van der Waals surface area contributed by atoms with Crippen LogP contribution in [0, 0.1) is 0 Å². The van der Waals surface area contributed by atoms with Crippen LogP contribution in [0.25, 0.3) is 21.7 Å². The van der Waals surface area contributed by atoms with E-state index in [1.807, 2.05) is 42.8 Å². The molecule has 0 aliphatic heterocycles. The minimum Gasteiger partial charge on any atom is -0.391 e. The fourth-order valence-electron chi connectivity index (χ4n) is 4.70. The van der Waals surface area contributed by atoms with Crippen molar-refractivity contribution in [3.05, 3.63) is 76.5 Å². The summed E-state index contributed by atoms with van der Waals surface area (Å²) in [6.45, 7) is 0. The van der Waals surface area contributed by atoms with Crippen LogP contribution in [0.1, 0.15) is 42.9 Å². The van der Waals surface area contributed by atoms with Crippen LogP contribution in [-0.4, -0.2) is 32.0 Å². The average molecular weight is 432 g/mol. The standard InChI is InChI=1S/C25H25N3O2S/c1-31-23-11-10-16(14-26-23)12-17-13-20-24(19-7-3-2-6-18(17)19)27-15-28(25(20)30)21-8-4-5-9-22(21)29/h2-3,6-7,10-11,13-15,21-22,29H,4-5,8-9,12H2,1H3/t21-,22-/m0/s1. The summed E-state index contributed by atoms with van der Waals surface area (Å²) in [5.74, 6) is 0. The smallest absolute Gasteiger partial charge is 0.261 e. The summed E-state index contributed by atoms with van der Waals surface area (Å²) in [4.78, 5) is 22.7. The van der Waals surface area contributed by atoms with Crippen molar-refractivity contribution in [3.8, 4) is 0 Å². The summed E-state index contributed by atoms with van der Waals surface area (Å²) >= 11 is 1.62. The molecule has 0 saturated heterocycles. The number of benzene rings is 2. The van der Waals surface area contributed by atoms with E-state index in [4.69, 9.17) is 0 Å². The Hall–Kier alpha value is -2.70. The maximum absolute atomic E-state index is 13.5. The first-order valence-corrected chi connectivity index (χ1v) is 12.0. The topological polar surface area (TPSA) is 68.0 Å². The molecule has 1 saturated carbocycles. The Labute approximate surface area is 185 Å². The quantitative estimate of drug-likeness (QED) is 0.374. The molecule has 1 N–H and O–H groups in total. The molecule has 0 spiro atoms. The summed E-state index contributed by atoms with van der Waals surface area (Å²) in [6, 6.07) is 14.0. The monoisotopic (exact) mass is 431 g/mol. The van der Waals surface area contributed by atoms with Crippen molar-refractivity contribution in [3.63, 3.8) is 0 Å². The molecule has 5 rings (SSSR count). The second kappa shape index (κ2) is 8.44. The fourth-order valence-corrected chi connectivity index (χ4v) is 5.07. The summed E-state index contributed by atoms with van der Waals surface area (Å²) in [7, 11) is 0. The highest BCUT2D eigenvalue weighted by Gasteiger charge is 2.26. The number of rotatable bonds is 4. The Morgan fingerprint density at radius 3 is 2.61 bits per heavy atom. The van der Waals surface area contributed by atoms with Crippen LogP contribution in [-0.2, 0) is 6.42 Å². The van der Waals surface area contributed by atoms with Gasteiger partial charge in [-0.3, -0.25) is 9.36 Å². The molecule has 6 heteroatoms. The number of hydrogen-bond donors (Lipinski definition) is 1. The molecule has 2 aromatic heterocycles. The molecule has 2 atom stereocenters. The second-order valence-corrected chi connectivity index (χ2v) is 9.07. The van der Waals surface area contributed by atoms with Crippen LogP contribution in [0.15, 0.2) is 64.8 Å². The second-order valence-electron chi connectivity index (χ2n) is 8.24. The lowest BCUT2D eigenvalue weighted by Gasteiger charge is -2.29. The highest BCUT2D eigenvalue weighted by Crippen LogP contribution is 2.30. The van der Waals surface area contributed by atoms with E-state index in [9.17, 15) is 9.90 Å². The lowest BCUT2D eigenvalue weighted by molar-refractivity contribution is 0.0735. The molecule has 0 amide bonds. The van der Waals surface area contributed by atoms with E-state index in [2.05, 4.69) is 22.1 Å². The van der Waals surface area contributed by atoms with Crippen molar-refractivity contribution in [2.24, 2.45) is 0 Å². The Morgan fingerprint density at radius 1 is 1.06 bits per heavy atom. The number of thioether (sulfide) groups is 1. The van der Waals surface area contributed by atoms with Crippen LogP contribution in [0.5, 0.6) is 0 Å². The van der Waals surface area contributed by atoms with Crippen molar-refractivity contribution in [2.75, 3.05) is 6.26 Å². The predicted molar refractivity (Wildman–Crippen MR) is 126 cm³/mol. The van der Waals surface area contributed by atoms with E-state index in [0.29, 0.717) is 11.8 Å². The zero-order chi connectivity index (χ0) is 21.4. The zero-order valence-corrected chi connectivity index (χ0v) is 18.3. The maximum Gasteiger partial charge on any atom is 0.261 e. The van der Waals surface area contributed by atoms with Gasteiger partial charge < -0.3 is 5.11 Å². The molecular weight excluding hydrogens is 406 g/mol. The van der Waals surface area contributed by atoms with Crippen molar-refractivity contribution in [1.82, 2.24) is 14.5 Å². The van der Waals surface area contributed by atoms with Gasteiger partial charge in [0.15, 0.2) is 0 Å². The molecule has 4 aromatic rings. The molecule has 5 nitrogen and oxygen atoms in total. The third kappa shape index (κ3) is 3.75. The highest BCUT2D eigenvalue weighted by molar-refractivity contribution is 7.98. The first-order valence-electron chi connectivity index (χ1n) is 10.7. The van der Waals surface area contributed by atoms with Crippen LogP contribution in [0.4, 0.5) is 0 Å². The lowest BCUT2D eigenvalue weighted by Crippen LogP contribution is -2.34. The molecule has 31 heavy (non-hydrogen) atoms. The molecule has 0 unspecified atom stereocenters. The number of hydrogen-bond acceptors (Lipinski definition) is 5. The third-order valence-electron chi connectivity index (χ3n) is 6.33. The van der Waals surface area contributed by atoms with E-state index >= 15 is 0 Å². The van der Waals surface area contributed by atoms with Gasteiger partial charge >= 0.3 is 0 Å². The third-order valence-corrected chi connectivity index (χ3v) is 6.99. The van der Waals surface area contributed by atoms with Crippen LogP contribution in [0.3, 0.4) is 0 Å². The minimum atomic E-state index is -0.494. The zero-order valence-electron chi connectivity index (χ0n) is 17.5. The number of pyridine rings is 1. The van der Waals surface area contributed by atoms with Gasteiger partial charge in [-0.15, -0.1) is 11.8 Å². The summed E-state index contributed by atoms with van der Waals surface area (Å²) < 4.78 is 1.65. The molecule has 2 heterocycles. The number of aliphatic hydroxyl groups is 1. The molecule has 0 radical (unpaired) electrons. The Kier molecular flexibility index (Phi) is 5.50. The van der Waals surface area contributed by atoms with E-state index in [-0.39, 0.29) is 11.6 Å². The van der Waals surface area contributed by atoms with Crippen molar-refractivity contribution >= 4 is 33.4 Å². The number of nitrogens with zero attached hydrogens (tertiary/aromatic N) is 3. The number of fused-ring (bicyclic) bond motifs is 3. The van der Waals surface area contributed by atoms with Gasteiger partial charge in [0.2, 0.25) is 0 Å². The molecule has 1 fully saturated rings. The van der Waals surface area contributed by atoms with Gasteiger partial charge in [0.05, 0.1) is 34.4 Å². The van der Waals surface area contributed by atoms with E-state index in [1.54, 1.807) is 22.7 Å². The van der Waals surface area contributed by atoms with E-state index in [0.717, 1.165) is 58.1 Å². The van der Waals surface area contributed by atoms with E-state index in [1.165, 1.54) is 0 Å². The number of aliphatic hydroxyl groups excluding tert-OH is 1. The molecular formula is C25H25N3O2S. The summed E-state index contributed by atoms with van der Waals surface area (Å²) in [5, 5.41) is 14.2. The molecule has 2 aromatic carbocycles. The van der Waals surface area contributed by atoms with Crippen LogP contribution < -0.4 is 5.56 Å². The molecule has 0 bridgehead atoms. The van der Waals surface area contributed by atoms with Crippen LogP contribution in [0.2, 0.25) is 0 Å². The largest absolute Gasteiger partial charge is 0.391 e. The Bertz CT molecular complexity index is 1300. The Balaban J connectivity index is 1.67. The van der Waals surface area contributed by atoms with Crippen LogP contribution >= 0.6 is 11.8 Å². The molecule has 1 aliphatic rings. The Morgan fingerprint density at radius 2 is 1.87 bits per heavy atom. The van der Waals surface area contributed by atoms with Crippen molar-refractivity contribution < 1.29 is 5.11 Å². The fraction of sp³-hybridized carbons (Fsp3) is 0.320. The first-order chi connectivity index (χ1) is 15.2. The van der Waals surface area contributed by atoms with Gasteiger partial charge in [-0.1, -0.05) is 43.2 Å². The van der Waals surface area contributed by atoms with Crippen molar-refractivity contribution in [1.29, 1.82) is 0 Å².